The number of carbonyl (C=O) groups is 3. The summed E-state index contributed by atoms with van der Waals surface area (Å²) in [7, 11) is 0. The van der Waals surface area contributed by atoms with Gasteiger partial charge in [-0.1, -0.05) is 31.6 Å². The maximum absolute atomic E-state index is 13.0. The molecule has 4 aliphatic rings. The van der Waals surface area contributed by atoms with Crippen LogP contribution in [0.15, 0.2) is 11.6 Å². The Morgan fingerprint density at radius 3 is 2.53 bits per heavy atom. The Hall–Kier alpha value is -1.44. The Labute approximate surface area is 194 Å². The normalized spacial score (nSPS) is 45.2. The SMILES string of the molecule is CC(=O)OCC(=O)[C@@]1(O)CC[C@H]2[C@H]3[C@H]([C@@H](O)C[C@@]21C)[C@@]1(C)CCC(=S)C=C1C[C@H]3C(C)=O. The molecule has 2 N–H and O–H groups in total. The van der Waals surface area contributed by atoms with Gasteiger partial charge >= 0.3 is 5.97 Å². The van der Waals surface area contributed by atoms with Crippen molar-refractivity contribution in [1.82, 2.24) is 0 Å². The van der Waals surface area contributed by atoms with Crippen molar-refractivity contribution in [3.63, 3.8) is 0 Å². The summed E-state index contributed by atoms with van der Waals surface area (Å²) in [6.45, 7) is 6.42. The standard InChI is InChI=1S/C25H34O6S/c1-13(26)17-10-15-9-16(32)5-7-23(15,3)22-19(28)11-24(4)18(21(17)22)6-8-25(24,30)20(29)12-31-14(2)27/h9,17-19,21-22,28,30H,5-8,10-12H2,1-4H3/t17-,18-,19-,21-,22-,23-,24-,25-/m0/s1. The van der Waals surface area contributed by atoms with E-state index in [1.165, 1.54) is 6.92 Å². The summed E-state index contributed by atoms with van der Waals surface area (Å²) in [6, 6.07) is 0. The highest BCUT2D eigenvalue weighted by molar-refractivity contribution is 7.80. The van der Waals surface area contributed by atoms with Crippen molar-refractivity contribution < 1.29 is 29.3 Å². The van der Waals surface area contributed by atoms with E-state index in [4.69, 9.17) is 17.0 Å². The van der Waals surface area contributed by atoms with Crippen LogP contribution in [0.1, 0.15) is 66.2 Å². The minimum atomic E-state index is -1.69. The molecular formula is C25H34O6S. The van der Waals surface area contributed by atoms with Crippen LogP contribution in [0.5, 0.6) is 0 Å². The third-order valence-corrected chi connectivity index (χ3v) is 9.82. The van der Waals surface area contributed by atoms with E-state index >= 15 is 0 Å². The predicted octanol–water partition coefficient (Wildman–Crippen LogP) is 2.97. The number of thiocarbonyl (C=S) groups is 1. The molecule has 0 radical (unpaired) electrons. The molecule has 3 saturated carbocycles. The van der Waals surface area contributed by atoms with Crippen LogP contribution in [0.25, 0.3) is 0 Å². The van der Waals surface area contributed by atoms with E-state index in [1.807, 2.05) is 6.92 Å². The molecule has 4 aliphatic carbocycles. The van der Waals surface area contributed by atoms with Crippen LogP contribution in [-0.2, 0) is 19.1 Å². The van der Waals surface area contributed by atoms with E-state index in [0.29, 0.717) is 12.8 Å². The molecule has 0 aromatic carbocycles. The second kappa shape index (κ2) is 7.81. The number of fused-ring (bicyclic) bond motifs is 5. The smallest absolute Gasteiger partial charge is 0.303 e. The van der Waals surface area contributed by atoms with E-state index in [2.05, 4.69) is 13.0 Å². The molecule has 0 aromatic heterocycles. The number of rotatable bonds is 4. The van der Waals surface area contributed by atoms with Gasteiger partial charge in [-0.15, -0.1) is 0 Å². The lowest BCUT2D eigenvalue weighted by molar-refractivity contribution is -0.190. The first-order valence-electron chi connectivity index (χ1n) is 11.7. The molecule has 176 valence electrons. The molecule has 0 aliphatic heterocycles. The molecule has 0 amide bonds. The van der Waals surface area contributed by atoms with Crippen molar-refractivity contribution in [2.45, 2.75) is 77.9 Å². The molecule has 4 rings (SSSR count). The summed E-state index contributed by atoms with van der Waals surface area (Å²) in [5.74, 6) is -1.61. The average Bonchev–Trinajstić information content (AvgIpc) is 2.97. The van der Waals surface area contributed by atoms with Crippen molar-refractivity contribution in [3.05, 3.63) is 11.6 Å². The number of aliphatic hydroxyl groups is 2. The number of esters is 1. The lowest BCUT2D eigenvalue weighted by atomic mass is 9.43. The number of Topliss-reactive ketones (excluding diaryl/α,β-unsaturated/α-hetero) is 2. The second-order valence-corrected chi connectivity index (χ2v) is 11.5. The van der Waals surface area contributed by atoms with Gasteiger partial charge in [0, 0.05) is 23.1 Å². The van der Waals surface area contributed by atoms with Crippen molar-refractivity contribution >= 4 is 34.6 Å². The van der Waals surface area contributed by atoms with Crippen LogP contribution in [0, 0.1) is 34.5 Å². The maximum atomic E-state index is 13.0. The van der Waals surface area contributed by atoms with Gasteiger partial charge < -0.3 is 14.9 Å². The predicted molar refractivity (Wildman–Crippen MR) is 122 cm³/mol. The van der Waals surface area contributed by atoms with E-state index in [9.17, 15) is 24.6 Å². The number of ketones is 2. The summed E-state index contributed by atoms with van der Waals surface area (Å²) in [5, 5.41) is 23.2. The number of hydrogen-bond acceptors (Lipinski definition) is 7. The molecule has 7 heteroatoms. The fraction of sp³-hybridized carbons (Fsp3) is 0.760. The van der Waals surface area contributed by atoms with Gasteiger partial charge in [0.25, 0.3) is 0 Å². The fourth-order valence-electron chi connectivity index (χ4n) is 7.84. The van der Waals surface area contributed by atoms with Crippen molar-refractivity contribution in [2.24, 2.45) is 34.5 Å². The zero-order valence-corrected chi connectivity index (χ0v) is 20.2. The van der Waals surface area contributed by atoms with Crippen LogP contribution in [-0.4, -0.2) is 50.9 Å². The zero-order chi connectivity index (χ0) is 23.6. The van der Waals surface area contributed by atoms with Gasteiger partial charge in [-0.25, -0.2) is 0 Å². The third kappa shape index (κ3) is 3.26. The Morgan fingerprint density at radius 1 is 1.22 bits per heavy atom. The van der Waals surface area contributed by atoms with Gasteiger partial charge in [0.2, 0.25) is 5.78 Å². The molecule has 0 bridgehead atoms. The number of ether oxygens (including phenoxy) is 1. The number of hydrogen-bond donors (Lipinski definition) is 2. The van der Waals surface area contributed by atoms with Crippen LogP contribution < -0.4 is 0 Å². The van der Waals surface area contributed by atoms with Crippen molar-refractivity contribution in [1.29, 1.82) is 0 Å². The monoisotopic (exact) mass is 462 g/mol. The Balaban J connectivity index is 1.76. The zero-order valence-electron chi connectivity index (χ0n) is 19.3. The first kappa shape index (κ1) is 23.7. The van der Waals surface area contributed by atoms with E-state index in [-0.39, 0.29) is 47.7 Å². The molecule has 8 atom stereocenters. The van der Waals surface area contributed by atoms with Gasteiger partial charge in [-0.05, 0) is 74.7 Å². The van der Waals surface area contributed by atoms with E-state index in [1.54, 1.807) is 6.92 Å². The molecule has 0 unspecified atom stereocenters. The van der Waals surface area contributed by atoms with Crippen LogP contribution in [0.2, 0.25) is 0 Å². The molecule has 0 heterocycles. The number of allylic oxidation sites excluding steroid dienone is 2. The third-order valence-electron chi connectivity index (χ3n) is 9.50. The van der Waals surface area contributed by atoms with E-state index in [0.717, 1.165) is 23.3 Å². The maximum Gasteiger partial charge on any atom is 0.303 e. The van der Waals surface area contributed by atoms with Crippen molar-refractivity contribution in [3.8, 4) is 0 Å². The first-order chi connectivity index (χ1) is 14.8. The number of carbonyl (C=O) groups excluding carboxylic acids is 3. The first-order valence-corrected chi connectivity index (χ1v) is 12.1. The van der Waals surface area contributed by atoms with Crippen LogP contribution in [0.3, 0.4) is 0 Å². The molecule has 32 heavy (non-hydrogen) atoms. The van der Waals surface area contributed by atoms with Gasteiger partial charge in [0.05, 0.1) is 6.10 Å². The van der Waals surface area contributed by atoms with Gasteiger partial charge in [0.1, 0.15) is 11.4 Å². The molecular weight excluding hydrogens is 428 g/mol. The minimum Gasteiger partial charge on any atom is -0.458 e. The quantitative estimate of drug-likeness (QED) is 0.489. The van der Waals surface area contributed by atoms with E-state index < -0.39 is 35.5 Å². The summed E-state index contributed by atoms with van der Waals surface area (Å²) < 4.78 is 4.91. The molecule has 6 nitrogen and oxygen atoms in total. The summed E-state index contributed by atoms with van der Waals surface area (Å²) in [5.41, 5.74) is -1.66. The lowest BCUT2D eigenvalue weighted by Crippen LogP contribution is -2.64. The lowest BCUT2D eigenvalue weighted by Gasteiger charge is -2.62. The van der Waals surface area contributed by atoms with Gasteiger partial charge in [-0.2, -0.15) is 0 Å². The largest absolute Gasteiger partial charge is 0.458 e. The fourth-order valence-corrected chi connectivity index (χ4v) is 8.09. The molecule has 0 saturated heterocycles. The molecule has 3 fully saturated rings. The average molecular weight is 463 g/mol. The topological polar surface area (TPSA) is 101 Å². The highest BCUT2D eigenvalue weighted by Gasteiger charge is 2.70. The Kier molecular flexibility index (Phi) is 5.79. The second-order valence-electron chi connectivity index (χ2n) is 11.0. The summed E-state index contributed by atoms with van der Waals surface area (Å²) in [6.07, 6.45) is 4.68. The summed E-state index contributed by atoms with van der Waals surface area (Å²) in [4.78, 5) is 38.0. The molecule has 0 spiro atoms. The highest BCUT2D eigenvalue weighted by Crippen LogP contribution is 2.68. The Bertz CT molecular complexity index is 910. The van der Waals surface area contributed by atoms with Crippen LogP contribution in [0.4, 0.5) is 0 Å². The number of aliphatic hydroxyl groups excluding tert-OH is 1. The van der Waals surface area contributed by atoms with Crippen LogP contribution >= 0.6 is 12.2 Å². The molecule has 0 aromatic rings. The Morgan fingerprint density at radius 2 is 1.91 bits per heavy atom. The summed E-state index contributed by atoms with van der Waals surface area (Å²) >= 11 is 5.47. The minimum absolute atomic E-state index is 0.0802. The van der Waals surface area contributed by atoms with Crippen molar-refractivity contribution in [2.75, 3.05) is 6.61 Å². The van der Waals surface area contributed by atoms with Gasteiger partial charge in [-0.3, -0.25) is 14.4 Å². The van der Waals surface area contributed by atoms with Gasteiger partial charge in [0.15, 0.2) is 6.61 Å². The highest BCUT2D eigenvalue weighted by atomic mass is 32.1.